The van der Waals surface area contributed by atoms with Crippen LogP contribution < -0.4 is 15.4 Å². The number of amides is 2. The van der Waals surface area contributed by atoms with Gasteiger partial charge in [0.15, 0.2) is 0 Å². The van der Waals surface area contributed by atoms with Crippen molar-refractivity contribution in [3.8, 4) is 5.75 Å². The third kappa shape index (κ3) is 6.57. The third-order valence-electron chi connectivity index (χ3n) is 4.60. The first-order chi connectivity index (χ1) is 14.5. The van der Waals surface area contributed by atoms with E-state index in [0.29, 0.717) is 44.1 Å². The molecular weight excluding hydrogens is 382 g/mol. The lowest BCUT2D eigenvalue weighted by atomic mass is 10.1. The van der Waals surface area contributed by atoms with E-state index < -0.39 is 0 Å². The Labute approximate surface area is 177 Å². The molecule has 30 heavy (non-hydrogen) atoms. The number of carbonyl (C=O) groups excluding carboxylic acids is 2. The number of nitrogens with zero attached hydrogens (tertiary/aromatic N) is 1. The molecule has 1 aliphatic heterocycles. The summed E-state index contributed by atoms with van der Waals surface area (Å²) in [5, 5.41) is 5.97. The van der Waals surface area contributed by atoms with Crippen LogP contribution in [0.4, 0.5) is 5.69 Å². The highest BCUT2D eigenvalue weighted by Crippen LogP contribution is 2.15. The Morgan fingerprint density at radius 3 is 2.53 bits per heavy atom. The highest BCUT2D eigenvalue weighted by atomic mass is 16.5. The Morgan fingerprint density at radius 1 is 1.10 bits per heavy atom. The van der Waals surface area contributed by atoms with Gasteiger partial charge in [-0.15, -0.1) is 0 Å². The molecule has 0 bridgehead atoms. The molecule has 0 atom stereocenters. The Kier molecular flexibility index (Phi) is 7.82. The Hall–Kier alpha value is -2.90. The van der Waals surface area contributed by atoms with E-state index in [2.05, 4.69) is 10.6 Å². The van der Waals surface area contributed by atoms with Gasteiger partial charge in [-0.2, -0.15) is 0 Å². The number of hydrogen-bond acceptors (Lipinski definition) is 5. The predicted octanol–water partition coefficient (Wildman–Crippen LogP) is 2.67. The van der Waals surface area contributed by atoms with Crippen LogP contribution in [0.25, 0.3) is 0 Å². The van der Waals surface area contributed by atoms with Crippen LogP contribution in [-0.2, 0) is 16.1 Å². The van der Waals surface area contributed by atoms with Crippen molar-refractivity contribution in [2.24, 2.45) is 0 Å². The number of benzene rings is 2. The summed E-state index contributed by atoms with van der Waals surface area (Å²) in [5.74, 6) is 0.626. The minimum atomic E-state index is -0.161. The SMILES string of the molecule is CC(C)Oc1ccc(CNCC(=O)Nc2cccc(C(=O)N3CCOCC3)c2)cc1. The Bertz CT molecular complexity index is 846. The van der Waals surface area contributed by atoms with Crippen LogP contribution in [0.2, 0.25) is 0 Å². The predicted molar refractivity (Wildman–Crippen MR) is 116 cm³/mol. The first kappa shape index (κ1) is 21.8. The van der Waals surface area contributed by atoms with Crippen LogP contribution in [0.5, 0.6) is 5.75 Å². The molecule has 7 heteroatoms. The van der Waals surface area contributed by atoms with Gasteiger partial charge in [-0.05, 0) is 49.7 Å². The molecule has 3 rings (SSSR count). The number of carbonyl (C=O) groups is 2. The van der Waals surface area contributed by atoms with Gasteiger partial charge in [0.1, 0.15) is 5.75 Å². The van der Waals surface area contributed by atoms with Gasteiger partial charge in [0.2, 0.25) is 5.91 Å². The Morgan fingerprint density at radius 2 is 1.83 bits per heavy atom. The molecule has 0 radical (unpaired) electrons. The number of nitrogens with one attached hydrogen (secondary N) is 2. The van der Waals surface area contributed by atoms with Gasteiger partial charge < -0.3 is 25.0 Å². The average molecular weight is 412 g/mol. The average Bonchev–Trinajstić information content (AvgIpc) is 2.75. The van der Waals surface area contributed by atoms with Gasteiger partial charge >= 0.3 is 0 Å². The first-order valence-electron chi connectivity index (χ1n) is 10.2. The summed E-state index contributed by atoms with van der Waals surface area (Å²) < 4.78 is 10.9. The van der Waals surface area contributed by atoms with Crippen molar-refractivity contribution < 1.29 is 19.1 Å². The molecule has 2 aromatic carbocycles. The summed E-state index contributed by atoms with van der Waals surface area (Å²) in [6, 6.07) is 14.8. The monoisotopic (exact) mass is 411 g/mol. The molecule has 1 aliphatic rings. The first-order valence-corrected chi connectivity index (χ1v) is 10.2. The summed E-state index contributed by atoms with van der Waals surface area (Å²) >= 11 is 0. The van der Waals surface area contributed by atoms with E-state index in [1.165, 1.54) is 0 Å². The maximum absolute atomic E-state index is 12.6. The second-order valence-corrected chi connectivity index (χ2v) is 7.45. The molecule has 2 N–H and O–H groups in total. The summed E-state index contributed by atoms with van der Waals surface area (Å²) in [6.45, 7) is 7.01. The maximum Gasteiger partial charge on any atom is 0.254 e. The van der Waals surface area contributed by atoms with Crippen molar-refractivity contribution in [3.63, 3.8) is 0 Å². The van der Waals surface area contributed by atoms with Crippen LogP contribution in [0.1, 0.15) is 29.8 Å². The van der Waals surface area contributed by atoms with Crippen molar-refractivity contribution >= 4 is 17.5 Å². The van der Waals surface area contributed by atoms with E-state index in [1.54, 1.807) is 29.2 Å². The zero-order chi connectivity index (χ0) is 21.3. The van der Waals surface area contributed by atoms with Crippen LogP contribution in [-0.4, -0.2) is 55.7 Å². The molecule has 0 aliphatic carbocycles. The number of anilines is 1. The topological polar surface area (TPSA) is 79.9 Å². The van der Waals surface area contributed by atoms with E-state index in [-0.39, 0.29) is 24.5 Å². The lowest BCUT2D eigenvalue weighted by Gasteiger charge is -2.27. The van der Waals surface area contributed by atoms with Crippen molar-refractivity contribution in [2.75, 3.05) is 38.2 Å². The van der Waals surface area contributed by atoms with Crippen LogP contribution in [0.3, 0.4) is 0 Å². The smallest absolute Gasteiger partial charge is 0.254 e. The lowest BCUT2D eigenvalue weighted by Crippen LogP contribution is -2.40. The molecule has 1 fully saturated rings. The zero-order valence-electron chi connectivity index (χ0n) is 17.5. The lowest BCUT2D eigenvalue weighted by molar-refractivity contribution is -0.115. The minimum Gasteiger partial charge on any atom is -0.491 e. The van der Waals surface area contributed by atoms with Crippen molar-refractivity contribution in [1.82, 2.24) is 10.2 Å². The number of rotatable bonds is 8. The van der Waals surface area contributed by atoms with Crippen LogP contribution in [0, 0.1) is 0 Å². The van der Waals surface area contributed by atoms with Crippen molar-refractivity contribution in [2.45, 2.75) is 26.5 Å². The quantitative estimate of drug-likeness (QED) is 0.698. The molecule has 160 valence electrons. The summed E-state index contributed by atoms with van der Waals surface area (Å²) in [4.78, 5) is 26.6. The maximum atomic E-state index is 12.6. The van der Waals surface area contributed by atoms with Gasteiger partial charge in [0.25, 0.3) is 5.91 Å². The molecule has 1 heterocycles. The van der Waals surface area contributed by atoms with E-state index in [0.717, 1.165) is 11.3 Å². The number of morpholine rings is 1. The molecule has 0 spiro atoms. The fourth-order valence-electron chi connectivity index (χ4n) is 3.16. The van der Waals surface area contributed by atoms with Crippen molar-refractivity contribution in [1.29, 1.82) is 0 Å². The van der Waals surface area contributed by atoms with Gasteiger partial charge in [-0.3, -0.25) is 9.59 Å². The van der Waals surface area contributed by atoms with Gasteiger partial charge in [0, 0.05) is 30.9 Å². The second-order valence-electron chi connectivity index (χ2n) is 7.45. The second kappa shape index (κ2) is 10.8. The van der Waals surface area contributed by atoms with E-state index in [1.807, 2.05) is 38.1 Å². The van der Waals surface area contributed by atoms with E-state index >= 15 is 0 Å². The Balaban J connectivity index is 1.46. The highest BCUT2D eigenvalue weighted by Gasteiger charge is 2.18. The molecule has 2 aromatic rings. The highest BCUT2D eigenvalue weighted by molar-refractivity contribution is 5.97. The molecular formula is C23H29N3O4. The van der Waals surface area contributed by atoms with Crippen LogP contribution >= 0.6 is 0 Å². The van der Waals surface area contributed by atoms with Gasteiger partial charge in [0.05, 0.1) is 25.9 Å². The fraction of sp³-hybridized carbons (Fsp3) is 0.391. The van der Waals surface area contributed by atoms with Crippen LogP contribution in [0.15, 0.2) is 48.5 Å². The van der Waals surface area contributed by atoms with Gasteiger partial charge in [-0.1, -0.05) is 18.2 Å². The molecule has 1 saturated heterocycles. The van der Waals surface area contributed by atoms with Crippen molar-refractivity contribution in [3.05, 3.63) is 59.7 Å². The van der Waals surface area contributed by atoms with E-state index in [9.17, 15) is 9.59 Å². The molecule has 0 aromatic heterocycles. The molecule has 0 saturated carbocycles. The summed E-state index contributed by atoms with van der Waals surface area (Å²) in [5.41, 5.74) is 2.24. The molecule has 2 amide bonds. The minimum absolute atomic E-state index is 0.0441. The van der Waals surface area contributed by atoms with Gasteiger partial charge in [-0.25, -0.2) is 0 Å². The number of ether oxygens (including phenoxy) is 2. The third-order valence-corrected chi connectivity index (χ3v) is 4.60. The normalized spacial score (nSPS) is 13.9. The molecule has 0 unspecified atom stereocenters. The molecule has 7 nitrogen and oxygen atoms in total. The number of hydrogen-bond donors (Lipinski definition) is 2. The fourth-order valence-corrected chi connectivity index (χ4v) is 3.16. The summed E-state index contributed by atoms with van der Waals surface area (Å²) in [6.07, 6.45) is 0.139. The standard InChI is InChI=1S/C23H29N3O4/c1-17(2)30-21-8-6-18(7-9-21)15-24-16-22(27)25-20-5-3-4-19(14-20)23(28)26-10-12-29-13-11-26/h3-9,14,17,24H,10-13,15-16H2,1-2H3,(H,25,27). The van der Waals surface area contributed by atoms with E-state index in [4.69, 9.17) is 9.47 Å². The largest absolute Gasteiger partial charge is 0.491 e. The zero-order valence-corrected chi connectivity index (χ0v) is 17.5. The summed E-state index contributed by atoms with van der Waals surface area (Å²) in [7, 11) is 0.